The van der Waals surface area contributed by atoms with Gasteiger partial charge in [0.25, 0.3) is 0 Å². The average molecular weight is 554 g/mol. The molecule has 0 N–H and O–H groups in total. The Balaban J connectivity index is 1.38. The van der Waals surface area contributed by atoms with Gasteiger partial charge in [0, 0.05) is 43.1 Å². The lowest BCUT2D eigenvalue weighted by molar-refractivity contribution is 1.18. The van der Waals surface area contributed by atoms with Crippen LogP contribution in [0.5, 0.6) is 0 Å². The molecule has 3 nitrogen and oxygen atoms in total. The zero-order valence-electron chi connectivity index (χ0n) is 22.5. The topological polar surface area (TPSA) is 30.7 Å². The first-order valence-electron chi connectivity index (χ1n) is 14.1. The molecule has 0 aliphatic heterocycles. The maximum absolute atomic E-state index is 5.28. The number of fused-ring (bicyclic) bond motifs is 8. The van der Waals surface area contributed by atoms with Gasteiger partial charge in [-0.2, -0.15) is 0 Å². The summed E-state index contributed by atoms with van der Waals surface area (Å²) in [4.78, 5) is 11.4. The van der Waals surface area contributed by atoms with E-state index in [0.717, 1.165) is 38.5 Å². The number of hydrogen-bond donors (Lipinski definition) is 0. The highest BCUT2D eigenvalue weighted by Gasteiger charge is 2.20. The van der Waals surface area contributed by atoms with Gasteiger partial charge in [0.05, 0.1) is 16.7 Å². The first kappa shape index (κ1) is 23.4. The van der Waals surface area contributed by atoms with Crippen LogP contribution < -0.4 is 0 Å². The summed E-state index contributed by atoms with van der Waals surface area (Å²) in [7, 11) is 0. The molecular formula is C38H23N3S. The van der Waals surface area contributed by atoms with Gasteiger partial charge in [-0.15, -0.1) is 11.3 Å². The molecule has 0 aliphatic rings. The summed E-state index contributed by atoms with van der Waals surface area (Å²) in [5.41, 5.74) is 6.62. The van der Waals surface area contributed by atoms with E-state index in [1.54, 1.807) is 11.3 Å². The smallest absolute Gasteiger partial charge is 0.161 e. The van der Waals surface area contributed by atoms with Gasteiger partial charge < -0.3 is 4.57 Å². The molecule has 196 valence electrons. The highest BCUT2D eigenvalue weighted by molar-refractivity contribution is 7.26. The van der Waals surface area contributed by atoms with Gasteiger partial charge in [-0.25, -0.2) is 9.97 Å². The van der Waals surface area contributed by atoms with Crippen LogP contribution in [0.15, 0.2) is 140 Å². The van der Waals surface area contributed by atoms with Crippen LogP contribution in [-0.4, -0.2) is 14.5 Å². The van der Waals surface area contributed by atoms with Gasteiger partial charge in [-0.05, 0) is 41.1 Å². The van der Waals surface area contributed by atoms with Crippen molar-refractivity contribution in [1.82, 2.24) is 14.5 Å². The van der Waals surface area contributed by atoms with E-state index in [1.807, 2.05) is 18.2 Å². The van der Waals surface area contributed by atoms with Crippen molar-refractivity contribution in [3.8, 4) is 28.3 Å². The summed E-state index contributed by atoms with van der Waals surface area (Å²) in [5, 5.41) is 7.26. The minimum absolute atomic E-state index is 0.751. The van der Waals surface area contributed by atoms with E-state index < -0.39 is 0 Å². The standard InChI is InChI=1S/C38H23N3S/c1-3-12-25(13-4-1)37-39-35(34-30-21-19-24-11-7-8-16-28(24)36(30)42-38(34)40-37)26-20-22-33-31(23-26)29-17-9-10-18-32(29)41(33)27-14-5-2-6-15-27/h1-23H. The number of benzene rings is 6. The molecule has 3 aromatic heterocycles. The number of hydrogen-bond acceptors (Lipinski definition) is 3. The Morgan fingerprint density at radius 2 is 1.21 bits per heavy atom. The quantitative estimate of drug-likeness (QED) is 0.218. The number of aromatic nitrogens is 3. The lowest BCUT2D eigenvalue weighted by Crippen LogP contribution is -1.94. The van der Waals surface area contributed by atoms with Gasteiger partial charge in [0.1, 0.15) is 4.83 Å². The van der Waals surface area contributed by atoms with Crippen molar-refractivity contribution in [2.45, 2.75) is 0 Å². The third-order valence-corrected chi connectivity index (χ3v) is 9.35. The Morgan fingerprint density at radius 1 is 0.500 bits per heavy atom. The molecule has 0 unspecified atom stereocenters. The number of para-hydroxylation sites is 2. The molecule has 0 bridgehead atoms. The van der Waals surface area contributed by atoms with Crippen LogP contribution in [0.1, 0.15) is 0 Å². The van der Waals surface area contributed by atoms with E-state index in [-0.39, 0.29) is 0 Å². The maximum atomic E-state index is 5.28. The summed E-state index contributed by atoms with van der Waals surface area (Å²) in [6.45, 7) is 0. The van der Waals surface area contributed by atoms with Gasteiger partial charge in [-0.1, -0.05) is 109 Å². The fourth-order valence-corrected chi connectivity index (χ4v) is 7.51. The van der Waals surface area contributed by atoms with Crippen LogP contribution in [0.2, 0.25) is 0 Å². The third kappa shape index (κ3) is 3.46. The van der Waals surface area contributed by atoms with Crippen molar-refractivity contribution in [2.75, 3.05) is 0 Å². The highest BCUT2D eigenvalue weighted by Crippen LogP contribution is 2.43. The van der Waals surface area contributed by atoms with E-state index in [4.69, 9.17) is 9.97 Å². The summed E-state index contributed by atoms with van der Waals surface area (Å²) < 4.78 is 3.61. The minimum atomic E-state index is 0.751. The molecule has 42 heavy (non-hydrogen) atoms. The van der Waals surface area contributed by atoms with Gasteiger partial charge in [0.15, 0.2) is 5.82 Å². The molecule has 0 spiro atoms. The van der Waals surface area contributed by atoms with Gasteiger partial charge in [-0.3, -0.25) is 0 Å². The van der Waals surface area contributed by atoms with E-state index in [9.17, 15) is 0 Å². The lowest BCUT2D eigenvalue weighted by Gasteiger charge is -2.10. The molecule has 3 heterocycles. The van der Waals surface area contributed by atoms with E-state index in [0.29, 0.717) is 0 Å². The molecule has 0 saturated carbocycles. The summed E-state index contributed by atoms with van der Waals surface area (Å²) in [6, 6.07) is 49.4. The second kappa shape index (κ2) is 9.10. The van der Waals surface area contributed by atoms with Crippen molar-refractivity contribution in [3.05, 3.63) is 140 Å². The van der Waals surface area contributed by atoms with Crippen molar-refractivity contribution in [1.29, 1.82) is 0 Å². The zero-order chi connectivity index (χ0) is 27.6. The second-order valence-corrected chi connectivity index (χ2v) is 11.6. The van der Waals surface area contributed by atoms with Crippen LogP contribution in [0.3, 0.4) is 0 Å². The minimum Gasteiger partial charge on any atom is -0.309 e. The molecule has 0 saturated heterocycles. The predicted octanol–water partition coefficient (Wildman–Crippen LogP) is 10.4. The van der Waals surface area contributed by atoms with Crippen LogP contribution in [0, 0.1) is 0 Å². The molecule has 0 atom stereocenters. The van der Waals surface area contributed by atoms with Crippen LogP contribution in [-0.2, 0) is 0 Å². The first-order valence-corrected chi connectivity index (χ1v) is 14.9. The molecule has 0 aliphatic carbocycles. The van der Waals surface area contributed by atoms with Crippen LogP contribution >= 0.6 is 11.3 Å². The van der Waals surface area contributed by atoms with E-state index >= 15 is 0 Å². The predicted molar refractivity (Wildman–Crippen MR) is 178 cm³/mol. The number of thiophene rings is 1. The van der Waals surface area contributed by atoms with E-state index in [2.05, 4.69) is 126 Å². The Labute approximate surface area is 246 Å². The SMILES string of the molecule is c1ccc(-c2nc(-c3ccc4c(c3)c3ccccc3n4-c3ccccc3)c3c(n2)sc2c4ccccc4ccc23)cc1. The molecule has 0 fully saturated rings. The fourth-order valence-electron chi connectivity index (χ4n) is 6.30. The number of rotatable bonds is 3. The molecule has 0 amide bonds. The molecular weight excluding hydrogens is 531 g/mol. The average Bonchev–Trinajstić information content (AvgIpc) is 3.61. The Morgan fingerprint density at radius 3 is 2.07 bits per heavy atom. The molecule has 9 rings (SSSR count). The van der Waals surface area contributed by atoms with Crippen molar-refractivity contribution >= 4 is 64.2 Å². The van der Waals surface area contributed by atoms with E-state index in [1.165, 1.54) is 42.7 Å². The van der Waals surface area contributed by atoms with Crippen molar-refractivity contribution in [3.63, 3.8) is 0 Å². The molecule has 4 heteroatoms. The molecule has 0 radical (unpaired) electrons. The maximum Gasteiger partial charge on any atom is 0.161 e. The van der Waals surface area contributed by atoms with Gasteiger partial charge in [0.2, 0.25) is 0 Å². The Kier molecular flexibility index (Phi) is 5.07. The summed E-state index contributed by atoms with van der Waals surface area (Å²) in [6.07, 6.45) is 0. The van der Waals surface area contributed by atoms with Crippen molar-refractivity contribution < 1.29 is 0 Å². The van der Waals surface area contributed by atoms with Gasteiger partial charge >= 0.3 is 0 Å². The second-order valence-electron chi connectivity index (χ2n) is 10.6. The Bertz CT molecular complexity index is 2460. The number of nitrogens with zero attached hydrogens (tertiary/aromatic N) is 3. The largest absolute Gasteiger partial charge is 0.309 e. The highest BCUT2D eigenvalue weighted by atomic mass is 32.1. The first-order chi connectivity index (χ1) is 20.8. The zero-order valence-corrected chi connectivity index (χ0v) is 23.3. The Hall–Kier alpha value is -5.32. The fraction of sp³-hybridized carbons (Fsp3) is 0. The normalized spacial score (nSPS) is 11.8. The van der Waals surface area contributed by atoms with Crippen LogP contribution in [0.25, 0.3) is 81.2 Å². The van der Waals surface area contributed by atoms with Crippen LogP contribution in [0.4, 0.5) is 0 Å². The molecule has 6 aromatic carbocycles. The van der Waals surface area contributed by atoms with Crippen molar-refractivity contribution in [2.24, 2.45) is 0 Å². The third-order valence-electron chi connectivity index (χ3n) is 8.22. The summed E-state index contributed by atoms with van der Waals surface area (Å²) in [5.74, 6) is 0.751. The lowest BCUT2D eigenvalue weighted by atomic mass is 10.0. The summed E-state index contributed by atoms with van der Waals surface area (Å²) >= 11 is 1.76. The monoisotopic (exact) mass is 553 g/mol. The molecule has 9 aromatic rings.